The lowest BCUT2D eigenvalue weighted by molar-refractivity contribution is -0.870. The molecule has 0 amide bonds. The lowest BCUT2D eigenvalue weighted by Crippen LogP contribution is -2.35. The summed E-state index contributed by atoms with van der Waals surface area (Å²) >= 11 is 0. The van der Waals surface area contributed by atoms with E-state index in [0.717, 1.165) is 11.0 Å². The molecule has 0 radical (unpaired) electrons. The molecule has 0 aliphatic carbocycles. The molecule has 0 aromatic heterocycles. The van der Waals surface area contributed by atoms with Crippen molar-refractivity contribution >= 4 is 0 Å². The summed E-state index contributed by atoms with van der Waals surface area (Å²) in [5, 5.41) is 0. The standard InChI is InChI=1S/C15H35N2.H2O/c1-17(2,3)15-13-11-9-7-5-4-6-8-10-12-14-16;/h4-16H2,1-3H3;1H2/q+1;/p-1. The van der Waals surface area contributed by atoms with Crippen LogP contribution in [-0.4, -0.2) is 44.2 Å². The third-order valence-corrected chi connectivity index (χ3v) is 3.28. The van der Waals surface area contributed by atoms with Gasteiger partial charge in [-0.1, -0.05) is 44.9 Å². The summed E-state index contributed by atoms with van der Waals surface area (Å²) in [4.78, 5) is 0. The second-order valence-electron chi connectivity index (χ2n) is 6.34. The average molecular weight is 260 g/mol. The Labute approximate surface area is 115 Å². The van der Waals surface area contributed by atoms with Gasteiger partial charge < -0.3 is 15.7 Å². The van der Waals surface area contributed by atoms with Gasteiger partial charge in [0.15, 0.2) is 0 Å². The van der Waals surface area contributed by atoms with E-state index in [1.807, 2.05) is 0 Å². The Morgan fingerprint density at radius 1 is 0.611 bits per heavy atom. The number of quaternary nitrogens is 1. The molecule has 0 aliphatic rings. The van der Waals surface area contributed by atoms with Gasteiger partial charge in [0, 0.05) is 0 Å². The number of unbranched alkanes of at least 4 members (excludes halogenated alkanes) is 9. The maximum atomic E-state index is 5.47. The highest BCUT2D eigenvalue weighted by atomic mass is 16.0. The van der Waals surface area contributed by atoms with Crippen LogP contribution in [0.15, 0.2) is 0 Å². The second kappa shape index (κ2) is 13.3. The van der Waals surface area contributed by atoms with E-state index in [-0.39, 0.29) is 5.48 Å². The lowest BCUT2D eigenvalue weighted by atomic mass is 10.1. The van der Waals surface area contributed by atoms with Gasteiger partial charge >= 0.3 is 0 Å². The zero-order valence-corrected chi connectivity index (χ0v) is 13.0. The van der Waals surface area contributed by atoms with Gasteiger partial charge in [0.1, 0.15) is 0 Å². The predicted molar refractivity (Wildman–Crippen MR) is 80.1 cm³/mol. The zero-order valence-electron chi connectivity index (χ0n) is 13.0. The molecule has 0 aromatic rings. The Balaban J connectivity index is 0. The summed E-state index contributed by atoms with van der Waals surface area (Å²) in [7, 11) is 6.84. The fraction of sp³-hybridized carbons (Fsp3) is 1.00. The van der Waals surface area contributed by atoms with Crippen molar-refractivity contribution in [3.05, 3.63) is 0 Å². The molecule has 0 aromatic carbocycles. The minimum atomic E-state index is 0. The quantitative estimate of drug-likeness (QED) is 0.432. The molecule has 0 aliphatic heterocycles. The Hall–Kier alpha value is -0.120. The van der Waals surface area contributed by atoms with Crippen molar-refractivity contribution in [3.63, 3.8) is 0 Å². The molecule has 0 atom stereocenters. The van der Waals surface area contributed by atoms with E-state index in [1.54, 1.807) is 0 Å². The van der Waals surface area contributed by atoms with Crippen LogP contribution < -0.4 is 5.73 Å². The molecule has 0 saturated heterocycles. The monoisotopic (exact) mass is 260 g/mol. The lowest BCUT2D eigenvalue weighted by Gasteiger charge is -2.23. The van der Waals surface area contributed by atoms with E-state index in [4.69, 9.17) is 5.73 Å². The summed E-state index contributed by atoms with van der Waals surface area (Å²) in [6.07, 6.45) is 13.9. The predicted octanol–water partition coefficient (Wildman–Crippen LogP) is 3.38. The highest BCUT2D eigenvalue weighted by Gasteiger charge is 2.04. The van der Waals surface area contributed by atoms with Crippen molar-refractivity contribution < 1.29 is 9.96 Å². The summed E-state index contributed by atoms with van der Waals surface area (Å²) in [6.45, 7) is 2.19. The molecule has 0 bridgehead atoms. The summed E-state index contributed by atoms with van der Waals surface area (Å²) in [5.74, 6) is 0. The third kappa shape index (κ3) is 18.3. The highest BCUT2D eigenvalue weighted by molar-refractivity contribution is 4.48. The summed E-state index contributed by atoms with van der Waals surface area (Å²) < 4.78 is 1.11. The van der Waals surface area contributed by atoms with Gasteiger partial charge in [-0.15, -0.1) is 0 Å². The van der Waals surface area contributed by atoms with Gasteiger partial charge in [0.2, 0.25) is 0 Å². The number of rotatable bonds is 12. The van der Waals surface area contributed by atoms with Crippen molar-refractivity contribution in [1.82, 2.24) is 0 Å². The van der Waals surface area contributed by atoms with Crippen LogP contribution in [0.2, 0.25) is 0 Å². The van der Waals surface area contributed by atoms with Crippen LogP contribution in [0.25, 0.3) is 0 Å². The first-order chi connectivity index (χ1) is 8.06. The molecular formula is C15H36N2O. The minimum Gasteiger partial charge on any atom is -0.870 e. The van der Waals surface area contributed by atoms with Crippen LogP contribution in [0.1, 0.15) is 64.2 Å². The van der Waals surface area contributed by atoms with Crippen molar-refractivity contribution in [1.29, 1.82) is 0 Å². The molecule has 0 rings (SSSR count). The first-order valence-electron chi connectivity index (χ1n) is 7.57. The van der Waals surface area contributed by atoms with Gasteiger partial charge in [-0.25, -0.2) is 0 Å². The number of nitrogens with zero attached hydrogens (tertiary/aromatic N) is 1. The summed E-state index contributed by atoms with van der Waals surface area (Å²) in [5.41, 5.74) is 5.47. The van der Waals surface area contributed by atoms with Crippen LogP contribution in [0, 0.1) is 0 Å². The fourth-order valence-corrected chi connectivity index (χ4v) is 2.14. The number of hydrogen-bond acceptors (Lipinski definition) is 2. The fourth-order valence-electron chi connectivity index (χ4n) is 2.14. The molecule has 0 spiro atoms. The van der Waals surface area contributed by atoms with Crippen molar-refractivity contribution in [2.24, 2.45) is 5.73 Å². The van der Waals surface area contributed by atoms with E-state index in [0.29, 0.717) is 0 Å². The van der Waals surface area contributed by atoms with Crippen LogP contribution in [0.4, 0.5) is 0 Å². The Morgan fingerprint density at radius 3 is 1.28 bits per heavy atom. The van der Waals surface area contributed by atoms with E-state index in [2.05, 4.69) is 21.1 Å². The maximum absolute atomic E-state index is 5.47. The number of nitrogens with two attached hydrogens (primary N) is 1. The molecule has 3 N–H and O–H groups in total. The Kier molecular flexibility index (Phi) is 14.9. The van der Waals surface area contributed by atoms with E-state index in [1.165, 1.54) is 70.8 Å². The van der Waals surface area contributed by atoms with Crippen LogP contribution in [0.3, 0.4) is 0 Å². The van der Waals surface area contributed by atoms with Gasteiger partial charge in [0.05, 0.1) is 27.7 Å². The van der Waals surface area contributed by atoms with E-state index >= 15 is 0 Å². The van der Waals surface area contributed by atoms with Crippen LogP contribution in [-0.2, 0) is 0 Å². The molecule has 0 fully saturated rings. The average Bonchev–Trinajstić information content (AvgIpc) is 2.24. The first-order valence-corrected chi connectivity index (χ1v) is 7.57. The topological polar surface area (TPSA) is 56.0 Å². The molecule has 0 unspecified atom stereocenters. The van der Waals surface area contributed by atoms with Gasteiger partial charge in [-0.05, 0) is 25.8 Å². The maximum Gasteiger partial charge on any atom is 0.0780 e. The van der Waals surface area contributed by atoms with Gasteiger partial charge in [0.25, 0.3) is 0 Å². The molecule has 3 heteroatoms. The van der Waals surface area contributed by atoms with Crippen molar-refractivity contribution in [2.45, 2.75) is 64.2 Å². The van der Waals surface area contributed by atoms with Gasteiger partial charge in [-0.2, -0.15) is 0 Å². The Bertz CT molecular complexity index is 155. The van der Waals surface area contributed by atoms with Gasteiger partial charge in [-0.3, -0.25) is 0 Å². The molecule has 0 saturated carbocycles. The Morgan fingerprint density at radius 2 is 0.944 bits per heavy atom. The van der Waals surface area contributed by atoms with Crippen LogP contribution in [0.5, 0.6) is 0 Å². The SMILES string of the molecule is C[N+](C)(C)CCCCCCCCCCCCN.[OH-]. The highest BCUT2D eigenvalue weighted by Crippen LogP contribution is 2.10. The normalized spacial score (nSPS) is 11.3. The second-order valence-corrected chi connectivity index (χ2v) is 6.34. The largest absolute Gasteiger partial charge is 0.870 e. The summed E-state index contributed by atoms with van der Waals surface area (Å²) in [6, 6.07) is 0. The van der Waals surface area contributed by atoms with Crippen molar-refractivity contribution in [2.75, 3.05) is 34.2 Å². The molecule has 18 heavy (non-hydrogen) atoms. The van der Waals surface area contributed by atoms with Crippen LogP contribution >= 0.6 is 0 Å². The van der Waals surface area contributed by atoms with E-state index in [9.17, 15) is 0 Å². The molecular weight excluding hydrogens is 224 g/mol. The zero-order chi connectivity index (χ0) is 13.0. The third-order valence-electron chi connectivity index (χ3n) is 3.28. The molecule has 0 heterocycles. The smallest absolute Gasteiger partial charge is 0.0780 e. The molecule has 112 valence electrons. The van der Waals surface area contributed by atoms with E-state index < -0.39 is 0 Å². The minimum absolute atomic E-state index is 0. The van der Waals surface area contributed by atoms with Crippen molar-refractivity contribution in [3.8, 4) is 0 Å². The first kappa shape index (κ1) is 20.2. The number of hydrogen-bond donors (Lipinski definition) is 1. The molecule has 3 nitrogen and oxygen atoms in total.